The van der Waals surface area contributed by atoms with Gasteiger partial charge in [-0.25, -0.2) is 0 Å². The summed E-state index contributed by atoms with van der Waals surface area (Å²) in [5.41, 5.74) is 0. The second kappa shape index (κ2) is 14.2. The lowest BCUT2D eigenvalue weighted by molar-refractivity contribution is -0.140. The Balaban J connectivity index is 1.88. The summed E-state index contributed by atoms with van der Waals surface area (Å²) in [6, 6.07) is 9.94. The molecule has 0 fully saturated rings. The van der Waals surface area contributed by atoms with E-state index in [1.54, 1.807) is 0 Å². The Morgan fingerprint density at radius 1 is 1.00 bits per heavy atom. The zero-order chi connectivity index (χ0) is 16.6. The van der Waals surface area contributed by atoms with E-state index in [4.69, 9.17) is 4.74 Å². The van der Waals surface area contributed by atoms with Gasteiger partial charge in [-0.1, -0.05) is 50.8 Å². The van der Waals surface area contributed by atoms with Crippen molar-refractivity contribution in [2.75, 3.05) is 12.4 Å². The topological polar surface area (TPSA) is 26.3 Å². The summed E-state index contributed by atoms with van der Waals surface area (Å²) in [6.07, 6.45) is 9.04. The summed E-state index contributed by atoms with van der Waals surface area (Å²) < 4.78 is 5.26. The first kappa shape index (κ1) is 19.6. The highest BCUT2D eigenvalue weighted by molar-refractivity contribution is 8.00. The number of carbonyl (C=O) groups excluding carboxylic acids is 1. The molecule has 0 heterocycles. The van der Waals surface area contributed by atoms with E-state index in [2.05, 4.69) is 18.8 Å². The zero-order valence-corrected chi connectivity index (χ0v) is 15.0. The van der Waals surface area contributed by atoms with Gasteiger partial charge in [-0.2, -0.15) is 0 Å². The first-order chi connectivity index (χ1) is 11.3. The maximum Gasteiger partial charge on any atom is 0.316 e. The van der Waals surface area contributed by atoms with Crippen molar-refractivity contribution in [1.82, 2.24) is 0 Å². The van der Waals surface area contributed by atoms with Crippen molar-refractivity contribution in [3.05, 3.63) is 30.3 Å². The van der Waals surface area contributed by atoms with Crippen LogP contribution in [0.15, 0.2) is 35.2 Å². The molecule has 2 nitrogen and oxygen atoms in total. The molecule has 0 unspecified atom stereocenters. The smallest absolute Gasteiger partial charge is 0.316 e. The molecule has 1 rings (SSSR count). The van der Waals surface area contributed by atoms with Crippen LogP contribution in [0, 0.1) is 11.8 Å². The van der Waals surface area contributed by atoms with Crippen molar-refractivity contribution in [2.24, 2.45) is 0 Å². The highest BCUT2D eigenvalue weighted by Gasteiger charge is 2.03. The van der Waals surface area contributed by atoms with Gasteiger partial charge in [0.25, 0.3) is 0 Å². The minimum absolute atomic E-state index is 0.117. The van der Waals surface area contributed by atoms with Gasteiger partial charge >= 0.3 is 5.97 Å². The van der Waals surface area contributed by atoms with Crippen molar-refractivity contribution in [2.45, 2.75) is 63.2 Å². The molecule has 0 aliphatic heterocycles. The van der Waals surface area contributed by atoms with Gasteiger partial charge in [0, 0.05) is 17.7 Å². The van der Waals surface area contributed by atoms with Crippen LogP contribution >= 0.6 is 11.8 Å². The van der Waals surface area contributed by atoms with Gasteiger partial charge in [-0.15, -0.1) is 23.6 Å². The first-order valence-corrected chi connectivity index (χ1v) is 9.60. The molecule has 0 atom stereocenters. The third-order valence-electron chi connectivity index (χ3n) is 3.36. The average molecular weight is 333 g/mol. The van der Waals surface area contributed by atoms with Gasteiger partial charge in [0.05, 0.1) is 12.4 Å². The SMILES string of the molecule is CCC#CCCCCCCCCOC(=O)CSc1ccccc1. The quantitative estimate of drug-likeness (QED) is 0.233. The molecule has 0 N–H and O–H groups in total. The van der Waals surface area contributed by atoms with Crippen LogP contribution in [0.2, 0.25) is 0 Å². The number of hydrogen-bond donors (Lipinski definition) is 0. The minimum Gasteiger partial charge on any atom is -0.465 e. The molecule has 0 saturated carbocycles. The van der Waals surface area contributed by atoms with Crippen LogP contribution < -0.4 is 0 Å². The van der Waals surface area contributed by atoms with Gasteiger partial charge in [0.2, 0.25) is 0 Å². The van der Waals surface area contributed by atoms with E-state index in [-0.39, 0.29) is 5.97 Å². The lowest BCUT2D eigenvalue weighted by Crippen LogP contribution is -2.08. The molecule has 0 spiro atoms. The minimum atomic E-state index is -0.117. The predicted octanol–water partition coefficient (Wildman–Crippen LogP) is 5.47. The summed E-state index contributed by atoms with van der Waals surface area (Å²) >= 11 is 1.53. The lowest BCUT2D eigenvalue weighted by atomic mass is 10.1. The fourth-order valence-corrected chi connectivity index (χ4v) is 2.84. The van der Waals surface area contributed by atoms with Crippen LogP contribution in [0.3, 0.4) is 0 Å². The molecule has 23 heavy (non-hydrogen) atoms. The highest BCUT2D eigenvalue weighted by atomic mass is 32.2. The van der Waals surface area contributed by atoms with E-state index in [1.165, 1.54) is 37.4 Å². The molecule has 0 radical (unpaired) electrons. The van der Waals surface area contributed by atoms with Crippen LogP contribution in [0.4, 0.5) is 0 Å². The molecule has 0 aliphatic rings. The van der Waals surface area contributed by atoms with Gasteiger partial charge in [0.1, 0.15) is 0 Å². The third kappa shape index (κ3) is 11.8. The lowest BCUT2D eigenvalue weighted by Gasteiger charge is -2.05. The molecule has 0 aliphatic carbocycles. The highest BCUT2D eigenvalue weighted by Crippen LogP contribution is 2.16. The molecule has 0 bridgehead atoms. The Morgan fingerprint density at radius 2 is 1.70 bits per heavy atom. The Morgan fingerprint density at radius 3 is 2.43 bits per heavy atom. The molecule has 1 aromatic rings. The fraction of sp³-hybridized carbons (Fsp3) is 0.550. The number of carbonyl (C=O) groups is 1. The maximum atomic E-state index is 11.6. The number of hydrogen-bond acceptors (Lipinski definition) is 3. The summed E-state index contributed by atoms with van der Waals surface area (Å²) in [6.45, 7) is 2.64. The molecular weight excluding hydrogens is 304 g/mol. The van der Waals surface area contributed by atoms with Crippen LogP contribution in [0.25, 0.3) is 0 Å². The van der Waals surface area contributed by atoms with E-state index < -0.39 is 0 Å². The van der Waals surface area contributed by atoms with Crippen molar-refractivity contribution in [3.8, 4) is 11.8 Å². The Kier molecular flexibility index (Phi) is 12.1. The standard InChI is InChI=1S/C20H28O2S/c1-2-3-4-5-6-7-8-9-10-14-17-22-20(21)18-23-19-15-12-11-13-16-19/h11-13,15-16H,2,5-10,14,17-18H2,1H3. The third-order valence-corrected chi connectivity index (χ3v) is 4.35. The van der Waals surface area contributed by atoms with Gasteiger partial charge < -0.3 is 4.74 Å². The number of esters is 1. The number of unbranched alkanes of at least 4 members (excludes halogenated alkanes) is 6. The maximum absolute atomic E-state index is 11.6. The molecular formula is C20H28O2S. The van der Waals surface area contributed by atoms with E-state index in [0.717, 1.165) is 30.6 Å². The van der Waals surface area contributed by atoms with Crippen molar-refractivity contribution in [3.63, 3.8) is 0 Å². The predicted molar refractivity (Wildman–Crippen MR) is 98.5 cm³/mol. The van der Waals surface area contributed by atoms with E-state index in [0.29, 0.717) is 12.4 Å². The molecule has 1 aromatic carbocycles. The van der Waals surface area contributed by atoms with Crippen molar-refractivity contribution < 1.29 is 9.53 Å². The second-order valence-electron chi connectivity index (χ2n) is 5.40. The van der Waals surface area contributed by atoms with Gasteiger partial charge in [-0.05, 0) is 25.0 Å². The number of thioether (sulfide) groups is 1. The number of rotatable bonds is 11. The molecule has 0 aromatic heterocycles. The molecule has 3 heteroatoms. The van der Waals surface area contributed by atoms with Crippen LogP contribution in [-0.2, 0) is 9.53 Å². The zero-order valence-electron chi connectivity index (χ0n) is 14.2. The van der Waals surface area contributed by atoms with E-state index in [1.807, 2.05) is 30.3 Å². The van der Waals surface area contributed by atoms with Crippen LogP contribution in [0.5, 0.6) is 0 Å². The molecule has 126 valence electrons. The summed E-state index contributed by atoms with van der Waals surface area (Å²) in [5, 5.41) is 0. The van der Waals surface area contributed by atoms with Crippen LogP contribution in [-0.4, -0.2) is 18.3 Å². The number of benzene rings is 1. The Hall–Kier alpha value is -1.40. The van der Waals surface area contributed by atoms with Crippen molar-refractivity contribution in [1.29, 1.82) is 0 Å². The summed E-state index contributed by atoms with van der Waals surface area (Å²) in [4.78, 5) is 12.7. The first-order valence-electron chi connectivity index (χ1n) is 8.62. The van der Waals surface area contributed by atoms with E-state index in [9.17, 15) is 4.79 Å². The van der Waals surface area contributed by atoms with Crippen molar-refractivity contribution >= 4 is 17.7 Å². The molecule has 0 saturated heterocycles. The van der Waals surface area contributed by atoms with Crippen LogP contribution in [0.1, 0.15) is 58.3 Å². The Bertz CT molecular complexity index is 473. The summed E-state index contributed by atoms with van der Waals surface area (Å²) in [5.74, 6) is 6.55. The van der Waals surface area contributed by atoms with Gasteiger partial charge in [-0.3, -0.25) is 4.79 Å². The second-order valence-corrected chi connectivity index (χ2v) is 6.45. The normalized spacial score (nSPS) is 9.96. The van der Waals surface area contributed by atoms with E-state index >= 15 is 0 Å². The largest absolute Gasteiger partial charge is 0.465 e. The molecule has 0 amide bonds. The average Bonchev–Trinajstić information content (AvgIpc) is 2.59. The Labute approximate surface area is 145 Å². The fourth-order valence-electron chi connectivity index (χ4n) is 2.12. The number of ether oxygens (including phenoxy) is 1. The van der Waals surface area contributed by atoms with Gasteiger partial charge in [0.15, 0.2) is 0 Å². The summed E-state index contributed by atoms with van der Waals surface area (Å²) in [7, 11) is 0. The monoisotopic (exact) mass is 332 g/mol.